The van der Waals surface area contributed by atoms with Gasteiger partial charge in [-0.05, 0) is 31.5 Å². The lowest BCUT2D eigenvalue weighted by Gasteiger charge is -2.06. The minimum atomic E-state index is -3.44. The summed E-state index contributed by atoms with van der Waals surface area (Å²) in [5, 5.41) is 8.94. The quantitative estimate of drug-likeness (QED) is 0.604. The molecule has 26 heavy (non-hydrogen) atoms. The average Bonchev–Trinajstić information content (AvgIpc) is 2.94. The summed E-state index contributed by atoms with van der Waals surface area (Å²) < 4.78 is 26.9. The Bertz CT molecular complexity index is 992. The Hall–Kier alpha value is -2.12. The van der Waals surface area contributed by atoms with Gasteiger partial charge >= 0.3 is 0 Å². The zero-order valence-corrected chi connectivity index (χ0v) is 16.6. The molecule has 3 rings (SSSR count). The Morgan fingerprint density at radius 3 is 2.12 bits per heavy atom. The van der Waals surface area contributed by atoms with Gasteiger partial charge in [0.15, 0.2) is 15.0 Å². The number of aromatic nitrogens is 3. The van der Waals surface area contributed by atoms with Gasteiger partial charge in [0, 0.05) is 12.8 Å². The van der Waals surface area contributed by atoms with Crippen LogP contribution in [-0.4, -0.2) is 23.2 Å². The standard InChI is InChI=1S/C19H21N3O2S2/c1-14-4-8-16(9-5-14)12-25-19-21-20-18(22(19)3)13-26(23,24)17-10-6-15(2)7-11-17/h4-11H,12-13H2,1-3H3. The van der Waals surface area contributed by atoms with Gasteiger partial charge in [0.1, 0.15) is 11.6 Å². The highest BCUT2D eigenvalue weighted by atomic mass is 32.2. The smallest absolute Gasteiger partial charge is 0.191 e. The molecular weight excluding hydrogens is 366 g/mol. The van der Waals surface area contributed by atoms with Gasteiger partial charge in [-0.25, -0.2) is 8.42 Å². The molecule has 7 heteroatoms. The fourth-order valence-electron chi connectivity index (χ4n) is 2.43. The normalized spacial score (nSPS) is 11.7. The van der Waals surface area contributed by atoms with Crippen molar-refractivity contribution in [3.8, 4) is 0 Å². The third kappa shape index (κ3) is 4.34. The molecule has 5 nitrogen and oxygen atoms in total. The molecular formula is C19H21N3O2S2. The van der Waals surface area contributed by atoms with Crippen molar-refractivity contribution in [2.45, 2.75) is 35.4 Å². The van der Waals surface area contributed by atoms with E-state index in [1.807, 2.05) is 6.92 Å². The van der Waals surface area contributed by atoms with Gasteiger partial charge in [-0.15, -0.1) is 10.2 Å². The van der Waals surface area contributed by atoms with E-state index in [2.05, 4.69) is 41.4 Å². The van der Waals surface area contributed by atoms with Crippen LogP contribution in [0.4, 0.5) is 0 Å². The third-order valence-corrected chi connectivity index (χ3v) is 6.83. The Kier molecular flexibility index (Phi) is 5.48. The predicted octanol–water partition coefficient (Wildman–Crippen LogP) is 3.70. The van der Waals surface area contributed by atoms with E-state index in [4.69, 9.17) is 0 Å². The Morgan fingerprint density at radius 2 is 1.50 bits per heavy atom. The van der Waals surface area contributed by atoms with Crippen LogP contribution in [0.2, 0.25) is 0 Å². The molecule has 0 aliphatic heterocycles. The molecule has 0 bridgehead atoms. The first-order valence-electron chi connectivity index (χ1n) is 8.21. The van der Waals surface area contributed by atoms with Crippen LogP contribution in [0.3, 0.4) is 0 Å². The van der Waals surface area contributed by atoms with Gasteiger partial charge in [-0.3, -0.25) is 0 Å². The van der Waals surface area contributed by atoms with Crippen molar-refractivity contribution in [1.29, 1.82) is 0 Å². The number of aryl methyl sites for hydroxylation is 2. The van der Waals surface area contributed by atoms with Gasteiger partial charge in [0.2, 0.25) is 0 Å². The van der Waals surface area contributed by atoms with Crippen LogP contribution in [0, 0.1) is 13.8 Å². The first-order chi connectivity index (χ1) is 12.3. The summed E-state index contributed by atoms with van der Waals surface area (Å²) in [5.41, 5.74) is 3.44. The molecule has 0 aliphatic carbocycles. The molecule has 0 aliphatic rings. The van der Waals surface area contributed by atoms with Crippen LogP contribution in [0.15, 0.2) is 58.6 Å². The zero-order chi connectivity index (χ0) is 18.7. The highest BCUT2D eigenvalue weighted by molar-refractivity contribution is 7.98. The van der Waals surface area contributed by atoms with Crippen molar-refractivity contribution < 1.29 is 8.42 Å². The van der Waals surface area contributed by atoms with Crippen molar-refractivity contribution in [3.05, 3.63) is 71.0 Å². The fourth-order valence-corrected chi connectivity index (χ4v) is 4.62. The van der Waals surface area contributed by atoms with Crippen molar-refractivity contribution in [2.24, 2.45) is 7.05 Å². The van der Waals surface area contributed by atoms with Crippen LogP contribution in [0.1, 0.15) is 22.5 Å². The summed E-state index contributed by atoms with van der Waals surface area (Å²) in [4.78, 5) is 0.306. The van der Waals surface area contributed by atoms with E-state index in [0.717, 1.165) is 11.3 Å². The number of thioether (sulfide) groups is 1. The fraction of sp³-hybridized carbons (Fsp3) is 0.263. The van der Waals surface area contributed by atoms with Gasteiger partial charge in [-0.2, -0.15) is 0 Å². The van der Waals surface area contributed by atoms with E-state index < -0.39 is 9.84 Å². The number of sulfone groups is 1. The maximum Gasteiger partial charge on any atom is 0.191 e. The Labute approximate surface area is 158 Å². The summed E-state index contributed by atoms with van der Waals surface area (Å²) >= 11 is 1.55. The second-order valence-corrected chi connectivity index (χ2v) is 9.24. The average molecular weight is 388 g/mol. The molecule has 2 aromatic carbocycles. The van der Waals surface area contributed by atoms with E-state index >= 15 is 0 Å². The lowest BCUT2D eigenvalue weighted by Crippen LogP contribution is -2.09. The Balaban J connectivity index is 1.72. The third-order valence-electron chi connectivity index (χ3n) is 4.11. The summed E-state index contributed by atoms with van der Waals surface area (Å²) in [5.74, 6) is 1.04. The predicted molar refractivity (Wildman–Crippen MR) is 104 cm³/mol. The van der Waals surface area contributed by atoms with Crippen LogP contribution in [0.25, 0.3) is 0 Å². The highest BCUT2D eigenvalue weighted by Gasteiger charge is 2.20. The number of hydrogen-bond donors (Lipinski definition) is 0. The minimum absolute atomic E-state index is 0.162. The van der Waals surface area contributed by atoms with Gasteiger partial charge < -0.3 is 4.57 Å². The first-order valence-corrected chi connectivity index (χ1v) is 10.8. The number of rotatable bonds is 6. The monoisotopic (exact) mass is 387 g/mol. The van der Waals surface area contributed by atoms with Gasteiger partial charge in [-0.1, -0.05) is 59.3 Å². The first kappa shape index (κ1) is 18.7. The topological polar surface area (TPSA) is 64.8 Å². The minimum Gasteiger partial charge on any atom is -0.308 e. The van der Waals surface area contributed by atoms with Crippen molar-refractivity contribution in [2.75, 3.05) is 0 Å². The Morgan fingerprint density at radius 1 is 0.923 bits per heavy atom. The number of nitrogens with zero attached hydrogens (tertiary/aromatic N) is 3. The molecule has 0 spiro atoms. The van der Waals surface area contributed by atoms with Crippen molar-refractivity contribution in [3.63, 3.8) is 0 Å². The second-order valence-electron chi connectivity index (χ2n) is 6.30. The second kappa shape index (κ2) is 7.63. The van der Waals surface area contributed by atoms with E-state index in [-0.39, 0.29) is 5.75 Å². The molecule has 1 heterocycles. The molecule has 0 radical (unpaired) electrons. The van der Waals surface area contributed by atoms with Gasteiger partial charge in [0.05, 0.1) is 4.90 Å². The number of benzene rings is 2. The van der Waals surface area contributed by atoms with E-state index in [0.29, 0.717) is 15.9 Å². The molecule has 0 saturated heterocycles. The van der Waals surface area contributed by atoms with Gasteiger partial charge in [0.25, 0.3) is 0 Å². The summed E-state index contributed by atoms with van der Waals surface area (Å²) in [7, 11) is -1.64. The van der Waals surface area contributed by atoms with E-state index in [9.17, 15) is 8.42 Å². The SMILES string of the molecule is Cc1ccc(CSc2nnc(CS(=O)(=O)c3ccc(C)cc3)n2C)cc1. The lowest BCUT2D eigenvalue weighted by molar-refractivity contribution is 0.591. The number of hydrogen-bond acceptors (Lipinski definition) is 5. The molecule has 3 aromatic rings. The van der Waals surface area contributed by atoms with Crippen molar-refractivity contribution in [1.82, 2.24) is 14.8 Å². The molecule has 0 atom stereocenters. The largest absolute Gasteiger partial charge is 0.308 e. The summed E-state index contributed by atoms with van der Waals surface area (Å²) in [6.45, 7) is 3.98. The molecule has 0 amide bonds. The maximum absolute atomic E-state index is 12.6. The van der Waals surface area contributed by atoms with Crippen LogP contribution in [0.5, 0.6) is 0 Å². The van der Waals surface area contributed by atoms with E-state index in [1.54, 1.807) is 47.6 Å². The maximum atomic E-state index is 12.6. The molecule has 0 saturated carbocycles. The molecule has 0 N–H and O–H groups in total. The lowest BCUT2D eigenvalue weighted by atomic mass is 10.2. The van der Waals surface area contributed by atoms with Crippen LogP contribution >= 0.6 is 11.8 Å². The molecule has 1 aromatic heterocycles. The summed E-state index contributed by atoms with van der Waals surface area (Å²) in [6.07, 6.45) is 0. The van der Waals surface area contributed by atoms with Crippen LogP contribution in [-0.2, 0) is 28.4 Å². The molecule has 0 unspecified atom stereocenters. The molecule has 136 valence electrons. The molecule has 0 fully saturated rings. The van der Waals surface area contributed by atoms with Crippen molar-refractivity contribution >= 4 is 21.6 Å². The zero-order valence-electron chi connectivity index (χ0n) is 15.0. The van der Waals surface area contributed by atoms with Crippen LogP contribution < -0.4 is 0 Å². The van der Waals surface area contributed by atoms with E-state index in [1.165, 1.54) is 11.1 Å². The summed E-state index contributed by atoms with van der Waals surface area (Å²) in [6, 6.07) is 15.2. The highest BCUT2D eigenvalue weighted by Crippen LogP contribution is 2.23.